The predicted octanol–water partition coefficient (Wildman–Crippen LogP) is 4.01. The van der Waals surface area contributed by atoms with Crippen molar-refractivity contribution in [1.82, 2.24) is 4.59 Å². The first-order valence-corrected chi connectivity index (χ1v) is 8.67. The molecule has 3 N–H and O–H groups in total. The number of nitrogens with zero attached hydrogens (tertiary/aromatic N) is 2. The number of amides is 1. The van der Waals surface area contributed by atoms with Crippen LogP contribution in [0.25, 0.3) is 11.1 Å². The Kier molecular flexibility index (Phi) is 5.40. The van der Waals surface area contributed by atoms with E-state index in [1.54, 1.807) is 0 Å². The summed E-state index contributed by atoms with van der Waals surface area (Å²) in [6, 6.07) is 7.99. The van der Waals surface area contributed by atoms with Crippen molar-refractivity contribution in [2.45, 2.75) is 12.6 Å². The van der Waals surface area contributed by atoms with Crippen LogP contribution in [0.15, 0.2) is 59.3 Å². The van der Waals surface area contributed by atoms with E-state index in [0.29, 0.717) is 0 Å². The zero-order chi connectivity index (χ0) is 23.1. The number of carbonyl (C=O) groups excluding carboxylic acids is 1. The summed E-state index contributed by atoms with van der Waals surface area (Å²) in [7, 11) is 1.26. The maximum atomic E-state index is 13.4. The summed E-state index contributed by atoms with van der Waals surface area (Å²) in [5, 5.41) is 13.1. The first kappa shape index (κ1) is 22.1. The van der Waals surface area contributed by atoms with Gasteiger partial charge in [-0.05, 0) is 23.8 Å². The van der Waals surface area contributed by atoms with E-state index in [1.165, 1.54) is 31.3 Å². The van der Waals surface area contributed by atoms with Gasteiger partial charge < -0.3 is 10.8 Å². The van der Waals surface area contributed by atoms with Crippen molar-refractivity contribution in [1.29, 1.82) is 0 Å². The second-order valence-electron chi connectivity index (χ2n) is 6.80. The quantitative estimate of drug-likeness (QED) is 0.544. The van der Waals surface area contributed by atoms with Crippen LogP contribution < -0.4 is 10.3 Å². The van der Waals surface area contributed by atoms with Gasteiger partial charge >= 0.3 is 12.1 Å². The first-order chi connectivity index (χ1) is 14.3. The molecule has 0 radical (unpaired) electrons. The number of aliphatic carboxylic acids is 1. The molecule has 2 aromatic rings. The van der Waals surface area contributed by atoms with Crippen molar-refractivity contribution in [3.05, 3.63) is 65.4 Å². The Morgan fingerprint density at radius 3 is 2.29 bits per heavy atom. The number of nitrogens with two attached hydrogens (primary N) is 1. The second kappa shape index (κ2) is 7.58. The number of carbonyl (C=O) groups is 2. The molecule has 2 aromatic carbocycles. The molecule has 31 heavy (non-hydrogen) atoms. The molecule has 1 amide bonds. The molecular weight excluding hydrogens is 425 g/mol. The normalized spacial score (nSPS) is 18.7. The molecule has 162 valence electrons. The number of benzene rings is 2. The van der Waals surface area contributed by atoms with E-state index in [9.17, 15) is 36.6 Å². The van der Waals surface area contributed by atoms with Crippen LogP contribution in [-0.4, -0.2) is 36.2 Å². The monoisotopic (exact) mass is 440 g/mol. The van der Waals surface area contributed by atoms with Gasteiger partial charge in [-0.2, -0.15) is 13.2 Å². The summed E-state index contributed by atoms with van der Waals surface area (Å²) in [6.07, 6.45) is -6.97. The van der Waals surface area contributed by atoms with Gasteiger partial charge in [0.1, 0.15) is 18.8 Å². The Bertz CT molecular complexity index is 1140. The summed E-state index contributed by atoms with van der Waals surface area (Å²) in [5.74, 6) is -2.62. The predicted molar refractivity (Wildman–Crippen MR) is 102 cm³/mol. The molecule has 0 saturated heterocycles. The maximum Gasteiger partial charge on any atom is 0.416 e. The van der Waals surface area contributed by atoms with Gasteiger partial charge in [0.15, 0.2) is 11.4 Å². The molecule has 6 nitrogen and oxygen atoms in total. The third-order valence-electron chi connectivity index (χ3n) is 4.68. The van der Waals surface area contributed by atoms with Crippen molar-refractivity contribution < 1.29 is 36.6 Å². The van der Waals surface area contributed by atoms with Crippen LogP contribution in [0, 0.1) is 0 Å². The number of hydrogen-bond donors (Lipinski definition) is 2. The largest absolute Gasteiger partial charge is 0.477 e. The fraction of sp³-hybridized carbons (Fsp3) is 0.150. The summed E-state index contributed by atoms with van der Waals surface area (Å²) < 4.78 is 65.6. The number of primary amides is 1. The summed E-state index contributed by atoms with van der Waals surface area (Å²) >= 11 is 0. The highest BCUT2D eigenvalue weighted by molar-refractivity contribution is 6.22. The highest BCUT2D eigenvalue weighted by Crippen LogP contribution is 2.42. The van der Waals surface area contributed by atoms with Gasteiger partial charge in [-0.3, -0.25) is 4.79 Å². The molecule has 3 rings (SSSR count). The van der Waals surface area contributed by atoms with Crippen LogP contribution in [0.5, 0.6) is 0 Å². The molecule has 0 bridgehead atoms. The van der Waals surface area contributed by atoms with Gasteiger partial charge in [0.2, 0.25) is 5.91 Å². The molecule has 11 heteroatoms. The lowest BCUT2D eigenvalue weighted by molar-refractivity contribution is -0.137. The lowest BCUT2D eigenvalue weighted by Crippen LogP contribution is -2.32. The molecule has 0 saturated carbocycles. The van der Waals surface area contributed by atoms with Crippen LogP contribution >= 0.6 is 0 Å². The maximum absolute atomic E-state index is 13.4. The molecule has 0 spiro atoms. The van der Waals surface area contributed by atoms with Gasteiger partial charge in [-0.15, -0.1) is 4.59 Å². The van der Waals surface area contributed by atoms with Crippen LogP contribution in [0.4, 0.5) is 27.6 Å². The third-order valence-corrected chi connectivity index (χ3v) is 4.68. The summed E-state index contributed by atoms with van der Waals surface area (Å²) in [4.78, 5) is 23.5. The fourth-order valence-electron chi connectivity index (χ4n) is 3.35. The Labute approximate surface area is 172 Å². The van der Waals surface area contributed by atoms with Gasteiger partial charge in [0, 0.05) is 6.07 Å². The van der Waals surface area contributed by atoms with Gasteiger partial charge in [0.05, 0.1) is 16.7 Å². The number of alkyl halides is 5. The SMILES string of the molecule is C[N+]1(c2cccc(C(N)=O)c2-c2cccc(C(F)(F)F)c2)C=C(C(=O)O)C(C(F)F)=N1. The van der Waals surface area contributed by atoms with Crippen LogP contribution in [0.3, 0.4) is 0 Å². The lowest BCUT2D eigenvalue weighted by Gasteiger charge is -2.24. The third kappa shape index (κ3) is 4.04. The van der Waals surface area contributed by atoms with E-state index in [1.807, 2.05) is 0 Å². The van der Waals surface area contributed by atoms with Crippen molar-refractivity contribution in [2.24, 2.45) is 10.8 Å². The Morgan fingerprint density at radius 2 is 1.77 bits per heavy atom. The first-order valence-electron chi connectivity index (χ1n) is 8.67. The van der Waals surface area contributed by atoms with Crippen molar-refractivity contribution in [2.75, 3.05) is 7.05 Å². The van der Waals surface area contributed by atoms with Gasteiger partial charge in [0.25, 0.3) is 6.43 Å². The number of carboxylic acid groups (broad SMARTS) is 1. The average molecular weight is 440 g/mol. The zero-order valence-electron chi connectivity index (χ0n) is 15.8. The minimum absolute atomic E-state index is 0.00924. The minimum Gasteiger partial charge on any atom is -0.477 e. The Morgan fingerprint density at radius 1 is 1.13 bits per heavy atom. The van der Waals surface area contributed by atoms with Crippen LogP contribution in [0.2, 0.25) is 0 Å². The molecule has 1 aliphatic rings. The molecule has 1 heterocycles. The summed E-state index contributed by atoms with van der Waals surface area (Å²) in [6.45, 7) is 0. The number of rotatable bonds is 5. The molecule has 0 aliphatic carbocycles. The van der Waals surface area contributed by atoms with E-state index in [0.717, 1.165) is 24.4 Å². The van der Waals surface area contributed by atoms with Crippen LogP contribution in [-0.2, 0) is 11.0 Å². The van der Waals surface area contributed by atoms with E-state index >= 15 is 0 Å². The molecule has 0 aromatic heterocycles. The standard InChI is InChI=1S/C20H14F5N3O3/c1-28(9-13(19(30)31)16(27-28)17(21)22)14-7-3-6-12(18(26)29)15(14)10-4-2-5-11(8-10)20(23,24)25/h2-9,17H,1H3,(H2-,26,29,30,31)/p+1. The number of halogens is 5. The molecular formula is C20H15F5N3O3+. The van der Waals surface area contributed by atoms with E-state index in [4.69, 9.17) is 5.73 Å². The van der Waals surface area contributed by atoms with E-state index in [-0.39, 0.29) is 22.4 Å². The van der Waals surface area contributed by atoms with Crippen molar-refractivity contribution in [3.63, 3.8) is 0 Å². The second-order valence-corrected chi connectivity index (χ2v) is 6.80. The van der Waals surface area contributed by atoms with Crippen molar-refractivity contribution >= 4 is 23.3 Å². The molecule has 1 aliphatic heterocycles. The molecule has 1 unspecified atom stereocenters. The van der Waals surface area contributed by atoms with Gasteiger partial charge in [-0.1, -0.05) is 23.3 Å². The number of hydrogen-bond acceptors (Lipinski definition) is 3. The highest BCUT2D eigenvalue weighted by Gasteiger charge is 2.42. The Hall–Kier alpha value is -3.60. The van der Waals surface area contributed by atoms with E-state index in [2.05, 4.69) is 5.10 Å². The van der Waals surface area contributed by atoms with Crippen molar-refractivity contribution in [3.8, 4) is 11.1 Å². The fourth-order valence-corrected chi connectivity index (χ4v) is 3.35. The number of carboxylic acids is 1. The van der Waals surface area contributed by atoms with E-state index < -0.39 is 45.9 Å². The lowest BCUT2D eigenvalue weighted by atomic mass is 9.95. The molecule has 1 atom stereocenters. The summed E-state index contributed by atoms with van der Waals surface area (Å²) in [5.41, 5.74) is 2.33. The van der Waals surface area contributed by atoms with Crippen LogP contribution in [0.1, 0.15) is 15.9 Å². The minimum atomic E-state index is -4.68. The smallest absolute Gasteiger partial charge is 0.416 e. The number of quaternary nitrogens is 1. The Balaban J connectivity index is 2.34. The highest BCUT2D eigenvalue weighted by atomic mass is 19.4. The zero-order valence-corrected chi connectivity index (χ0v) is 15.8. The van der Waals surface area contributed by atoms with Gasteiger partial charge in [-0.25, -0.2) is 13.6 Å². The average Bonchev–Trinajstić information content (AvgIpc) is 3.06. The topological polar surface area (TPSA) is 92.8 Å². The molecule has 0 fully saturated rings.